The number of amides is 1. The highest BCUT2D eigenvalue weighted by Gasteiger charge is 2.23. The van der Waals surface area contributed by atoms with Crippen LogP contribution in [-0.4, -0.2) is 38.9 Å². The van der Waals surface area contributed by atoms with E-state index in [1.807, 2.05) is 0 Å². The molecule has 7 nitrogen and oxygen atoms in total. The van der Waals surface area contributed by atoms with Crippen molar-refractivity contribution in [1.82, 2.24) is 25.3 Å². The van der Waals surface area contributed by atoms with Gasteiger partial charge in [-0.2, -0.15) is 9.97 Å². The summed E-state index contributed by atoms with van der Waals surface area (Å²) in [5, 5.41) is 6.05. The fourth-order valence-corrected chi connectivity index (χ4v) is 2.16. The second-order valence-corrected chi connectivity index (χ2v) is 4.48. The van der Waals surface area contributed by atoms with Gasteiger partial charge in [-0.05, 0) is 13.0 Å². The van der Waals surface area contributed by atoms with Crippen LogP contribution in [0, 0.1) is 5.92 Å². The van der Waals surface area contributed by atoms with Crippen molar-refractivity contribution >= 4 is 34.6 Å². The standard InChI is InChI=1S/C10H11ClN6O/c11-7-6-8(14-4-13-6)16-10(15-7)17-9(18)5-1-2-12-3-5/h4-5,12H,1-3H2,(H2,13,14,15,16,17,18). The highest BCUT2D eigenvalue weighted by molar-refractivity contribution is 6.33. The Morgan fingerprint density at radius 2 is 2.39 bits per heavy atom. The third-order valence-electron chi connectivity index (χ3n) is 2.91. The van der Waals surface area contributed by atoms with Gasteiger partial charge in [0.15, 0.2) is 10.8 Å². The highest BCUT2D eigenvalue weighted by Crippen LogP contribution is 2.19. The summed E-state index contributed by atoms with van der Waals surface area (Å²) >= 11 is 5.96. The lowest BCUT2D eigenvalue weighted by molar-refractivity contribution is -0.119. The lowest BCUT2D eigenvalue weighted by Crippen LogP contribution is -2.25. The third-order valence-corrected chi connectivity index (χ3v) is 3.18. The molecule has 0 radical (unpaired) electrons. The average molecular weight is 267 g/mol. The first-order valence-electron chi connectivity index (χ1n) is 5.62. The van der Waals surface area contributed by atoms with Crippen LogP contribution in [0.5, 0.6) is 0 Å². The van der Waals surface area contributed by atoms with Gasteiger partial charge in [-0.15, -0.1) is 0 Å². The van der Waals surface area contributed by atoms with Gasteiger partial charge in [-0.1, -0.05) is 11.6 Å². The second kappa shape index (κ2) is 4.51. The smallest absolute Gasteiger partial charge is 0.233 e. The van der Waals surface area contributed by atoms with Crippen molar-refractivity contribution in [2.45, 2.75) is 6.42 Å². The first kappa shape index (κ1) is 11.4. The van der Waals surface area contributed by atoms with Crippen molar-refractivity contribution in [3.8, 4) is 0 Å². The predicted molar refractivity (Wildman–Crippen MR) is 66.3 cm³/mol. The number of halogens is 1. The summed E-state index contributed by atoms with van der Waals surface area (Å²) < 4.78 is 0. The molecule has 0 bridgehead atoms. The van der Waals surface area contributed by atoms with Crippen LogP contribution in [0.25, 0.3) is 11.2 Å². The van der Waals surface area contributed by atoms with Crippen LogP contribution in [0.15, 0.2) is 6.33 Å². The Bertz CT molecular complexity index is 591. The molecular weight excluding hydrogens is 256 g/mol. The summed E-state index contributed by atoms with van der Waals surface area (Å²) in [7, 11) is 0. The largest absolute Gasteiger partial charge is 0.341 e. The number of aromatic nitrogens is 4. The fourth-order valence-electron chi connectivity index (χ4n) is 1.94. The zero-order valence-electron chi connectivity index (χ0n) is 9.40. The maximum absolute atomic E-state index is 11.9. The number of rotatable bonds is 2. The summed E-state index contributed by atoms with van der Waals surface area (Å²) in [6.45, 7) is 1.54. The number of anilines is 1. The number of hydrogen-bond acceptors (Lipinski definition) is 5. The lowest BCUT2D eigenvalue weighted by Gasteiger charge is -2.08. The molecule has 1 aliphatic rings. The number of nitrogens with zero attached hydrogens (tertiary/aromatic N) is 3. The monoisotopic (exact) mass is 266 g/mol. The summed E-state index contributed by atoms with van der Waals surface area (Å²) in [4.78, 5) is 26.9. The van der Waals surface area contributed by atoms with Crippen molar-refractivity contribution < 1.29 is 4.79 Å². The van der Waals surface area contributed by atoms with Gasteiger partial charge in [0, 0.05) is 6.54 Å². The van der Waals surface area contributed by atoms with E-state index in [0.717, 1.165) is 13.0 Å². The minimum Gasteiger partial charge on any atom is -0.341 e. The molecule has 3 heterocycles. The summed E-state index contributed by atoms with van der Waals surface area (Å²) in [6.07, 6.45) is 2.31. The van der Waals surface area contributed by atoms with E-state index >= 15 is 0 Å². The third kappa shape index (κ3) is 2.02. The lowest BCUT2D eigenvalue weighted by atomic mass is 10.1. The summed E-state index contributed by atoms with van der Waals surface area (Å²) in [5.41, 5.74) is 1.01. The molecule has 1 fully saturated rings. The molecule has 8 heteroatoms. The number of nitrogens with one attached hydrogen (secondary N) is 3. The molecular formula is C10H11ClN6O. The van der Waals surface area contributed by atoms with E-state index in [4.69, 9.17) is 11.6 Å². The van der Waals surface area contributed by atoms with Gasteiger partial charge in [0.2, 0.25) is 11.9 Å². The van der Waals surface area contributed by atoms with Crippen LogP contribution in [0.2, 0.25) is 5.15 Å². The maximum atomic E-state index is 11.9. The van der Waals surface area contributed by atoms with Gasteiger partial charge in [0.05, 0.1) is 12.2 Å². The normalized spacial score (nSPS) is 19.3. The quantitative estimate of drug-likeness (QED) is 0.690. The SMILES string of the molecule is O=C(Nc1nc(Cl)c2[nH]cnc2n1)C1CCNC1. The Labute approximate surface area is 107 Å². The minimum atomic E-state index is -0.0917. The second-order valence-electron chi connectivity index (χ2n) is 4.12. The molecule has 0 saturated carbocycles. The zero-order chi connectivity index (χ0) is 12.5. The van der Waals surface area contributed by atoms with Gasteiger partial charge in [0.25, 0.3) is 0 Å². The summed E-state index contributed by atoms with van der Waals surface area (Å²) in [6, 6.07) is 0. The molecule has 2 aromatic heterocycles. The van der Waals surface area contributed by atoms with Crippen molar-refractivity contribution in [3.63, 3.8) is 0 Å². The molecule has 0 aromatic carbocycles. The number of carbonyl (C=O) groups is 1. The molecule has 3 N–H and O–H groups in total. The number of imidazole rings is 1. The predicted octanol–water partition coefficient (Wildman–Crippen LogP) is 0.554. The molecule has 1 amide bonds. The van der Waals surface area contributed by atoms with Crippen LogP contribution in [-0.2, 0) is 4.79 Å². The minimum absolute atomic E-state index is 0.0396. The number of H-pyrrole nitrogens is 1. The van der Waals surface area contributed by atoms with Crippen LogP contribution in [0.1, 0.15) is 6.42 Å². The molecule has 94 valence electrons. The highest BCUT2D eigenvalue weighted by atomic mass is 35.5. The van der Waals surface area contributed by atoms with Crippen molar-refractivity contribution in [3.05, 3.63) is 11.5 Å². The average Bonchev–Trinajstić information content (AvgIpc) is 2.99. The van der Waals surface area contributed by atoms with Crippen molar-refractivity contribution in [1.29, 1.82) is 0 Å². The van der Waals surface area contributed by atoms with Crippen molar-refractivity contribution in [2.24, 2.45) is 5.92 Å². The van der Waals surface area contributed by atoms with Gasteiger partial charge in [-0.3, -0.25) is 10.1 Å². The Hall–Kier alpha value is -1.73. The Morgan fingerprint density at radius 3 is 3.17 bits per heavy atom. The molecule has 18 heavy (non-hydrogen) atoms. The molecule has 1 aliphatic heterocycles. The molecule has 0 aliphatic carbocycles. The molecule has 2 aromatic rings. The van der Waals surface area contributed by atoms with E-state index in [-0.39, 0.29) is 22.9 Å². The first-order valence-corrected chi connectivity index (χ1v) is 6.00. The van der Waals surface area contributed by atoms with E-state index in [1.165, 1.54) is 6.33 Å². The van der Waals surface area contributed by atoms with E-state index in [1.54, 1.807) is 0 Å². The Kier molecular flexibility index (Phi) is 2.85. The van der Waals surface area contributed by atoms with Crippen molar-refractivity contribution in [2.75, 3.05) is 18.4 Å². The molecule has 1 saturated heterocycles. The maximum Gasteiger partial charge on any atom is 0.233 e. The molecule has 1 atom stereocenters. The van der Waals surface area contributed by atoms with Gasteiger partial charge < -0.3 is 10.3 Å². The topological polar surface area (TPSA) is 95.6 Å². The van der Waals surface area contributed by atoms with Gasteiger partial charge in [-0.25, -0.2) is 4.98 Å². The fraction of sp³-hybridized carbons (Fsp3) is 0.400. The first-order chi connectivity index (χ1) is 8.74. The van der Waals surface area contributed by atoms with E-state index < -0.39 is 0 Å². The van der Waals surface area contributed by atoms with Crippen LogP contribution >= 0.6 is 11.6 Å². The van der Waals surface area contributed by atoms with Crippen LogP contribution in [0.4, 0.5) is 5.95 Å². The number of carbonyl (C=O) groups excluding carboxylic acids is 1. The number of fused-ring (bicyclic) bond motifs is 1. The number of aromatic amines is 1. The van der Waals surface area contributed by atoms with E-state index in [0.29, 0.717) is 17.7 Å². The summed E-state index contributed by atoms with van der Waals surface area (Å²) in [5.74, 6) is 0.0599. The Morgan fingerprint density at radius 1 is 1.50 bits per heavy atom. The van der Waals surface area contributed by atoms with Crippen LogP contribution < -0.4 is 10.6 Å². The van der Waals surface area contributed by atoms with Gasteiger partial charge >= 0.3 is 0 Å². The van der Waals surface area contributed by atoms with E-state index in [2.05, 4.69) is 30.6 Å². The van der Waals surface area contributed by atoms with Gasteiger partial charge in [0.1, 0.15) is 5.52 Å². The zero-order valence-corrected chi connectivity index (χ0v) is 10.2. The molecule has 0 spiro atoms. The molecule has 3 rings (SSSR count). The Balaban J connectivity index is 1.83. The molecule has 1 unspecified atom stereocenters. The van der Waals surface area contributed by atoms with Crippen LogP contribution in [0.3, 0.4) is 0 Å². The van der Waals surface area contributed by atoms with E-state index in [9.17, 15) is 4.79 Å². The number of hydrogen-bond donors (Lipinski definition) is 3.